The molecular weight excluding hydrogens is 330 g/mol. The van der Waals surface area contributed by atoms with Crippen LogP contribution in [0.3, 0.4) is 0 Å². The summed E-state index contributed by atoms with van der Waals surface area (Å²) >= 11 is 5.49. The lowest BCUT2D eigenvalue weighted by atomic mass is 9.87. The highest BCUT2D eigenvalue weighted by molar-refractivity contribution is 7.71. The van der Waals surface area contributed by atoms with Gasteiger partial charge < -0.3 is 14.3 Å². The summed E-state index contributed by atoms with van der Waals surface area (Å²) in [4.78, 5) is 3.30. The molecule has 0 atom stereocenters. The number of pyridine rings is 1. The molecule has 2 aromatic heterocycles. The summed E-state index contributed by atoms with van der Waals surface area (Å²) in [5, 5.41) is 10.9. The number of aromatic nitrogens is 2. The Balaban J connectivity index is 2.12. The maximum atomic E-state index is 9.77. The van der Waals surface area contributed by atoms with E-state index in [-0.39, 0.29) is 0 Å². The number of benzene rings is 1. The number of aromatic amines is 1. The molecule has 0 bridgehead atoms. The molecule has 0 unspecified atom stereocenters. The van der Waals surface area contributed by atoms with Gasteiger partial charge in [-0.3, -0.25) is 0 Å². The molecule has 4 nitrogen and oxygen atoms in total. The van der Waals surface area contributed by atoms with E-state index >= 15 is 0 Å². The first-order valence-electron chi connectivity index (χ1n) is 8.45. The van der Waals surface area contributed by atoms with E-state index in [9.17, 15) is 5.26 Å². The molecule has 1 aliphatic carbocycles. The predicted molar refractivity (Wildman–Crippen MR) is 101 cm³/mol. The highest BCUT2D eigenvalue weighted by atomic mass is 32.1. The fourth-order valence-electron chi connectivity index (χ4n) is 3.88. The predicted octanol–water partition coefficient (Wildman–Crippen LogP) is 4.66. The molecule has 2 heterocycles. The van der Waals surface area contributed by atoms with Crippen LogP contribution in [0.15, 0.2) is 24.4 Å². The number of hydrogen-bond acceptors (Lipinski definition) is 3. The third-order valence-corrected chi connectivity index (χ3v) is 5.40. The molecule has 0 fully saturated rings. The Labute approximate surface area is 151 Å². The number of nitrogens with one attached hydrogen (secondary N) is 1. The molecule has 4 rings (SSSR count). The lowest BCUT2D eigenvalue weighted by Crippen LogP contribution is -2.09. The summed E-state index contributed by atoms with van der Waals surface area (Å²) in [6.07, 6.45) is 6.37. The highest BCUT2D eigenvalue weighted by Gasteiger charge is 2.22. The van der Waals surface area contributed by atoms with Gasteiger partial charge in [0.2, 0.25) is 0 Å². The summed E-state index contributed by atoms with van der Waals surface area (Å²) in [6.45, 7) is 0. The summed E-state index contributed by atoms with van der Waals surface area (Å²) < 4.78 is 8.05. The van der Waals surface area contributed by atoms with Gasteiger partial charge in [0.05, 0.1) is 12.7 Å². The minimum absolute atomic E-state index is 0.540. The number of nitriles is 1. The number of rotatable bonds is 2. The first-order chi connectivity index (χ1) is 12.1. The number of ether oxygens (including phenoxy) is 1. The van der Waals surface area contributed by atoms with Crippen LogP contribution in [0, 0.1) is 16.0 Å². The van der Waals surface area contributed by atoms with Crippen molar-refractivity contribution in [1.29, 1.82) is 5.26 Å². The van der Waals surface area contributed by atoms with Gasteiger partial charge in [-0.15, -0.1) is 0 Å². The molecule has 1 N–H and O–H groups in total. The topological polar surface area (TPSA) is 53.7 Å². The van der Waals surface area contributed by atoms with Crippen LogP contribution in [0.5, 0.6) is 5.75 Å². The second-order valence-electron chi connectivity index (χ2n) is 6.52. The fourth-order valence-corrected chi connectivity index (χ4v) is 4.16. The molecule has 5 heteroatoms. The van der Waals surface area contributed by atoms with Crippen molar-refractivity contribution >= 4 is 23.1 Å². The molecule has 0 saturated carbocycles. The van der Waals surface area contributed by atoms with Crippen molar-refractivity contribution in [3.05, 3.63) is 45.9 Å². The van der Waals surface area contributed by atoms with Gasteiger partial charge in [-0.25, -0.2) is 0 Å². The number of fused-ring (bicyclic) bond motifs is 2. The number of aryl methyl sites for hydroxylation is 2. The molecule has 0 aliphatic heterocycles. The van der Waals surface area contributed by atoms with Gasteiger partial charge in [-0.1, -0.05) is 12.2 Å². The van der Waals surface area contributed by atoms with Crippen molar-refractivity contribution in [3.8, 4) is 22.9 Å². The Bertz CT molecular complexity index is 1080. The van der Waals surface area contributed by atoms with E-state index < -0.39 is 0 Å². The molecule has 126 valence electrons. The monoisotopic (exact) mass is 349 g/mol. The fraction of sp³-hybridized carbons (Fsp3) is 0.300. The van der Waals surface area contributed by atoms with Crippen LogP contribution < -0.4 is 4.74 Å². The lowest BCUT2D eigenvalue weighted by molar-refractivity contribution is 0.415. The summed E-state index contributed by atoms with van der Waals surface area (Å²) in [5.41, 5.74) is 6.18. The molecule has 1 aromatic carbocycles. The first kappa shape index (κ1) is 15.9. The second-order valence-corrected chi connectivity index (χ2v) is 6.93. The number of hydrogen-bond donors (Lipinski definition) is 1. The minimum atomic E-state index is 0.540. The van der Waals surface area contributed by atoms with E-state index in [2.05, 4.69) is 27.9 Å². The van der Waals surface area contributed by atoms with E-state index in [4.69, 9.17) is 17.0 Å². The average Bonchev–Trinajstić information content (AvgIpc) is 2.96. The van der Waals surface area contributed by atoms with E-state index in [1.54, 1.807) is 7.11 Å². The number of nitrogens with zero attached hydrogens (tertiary/aromatic N) is 2. The summed E-state index contributed by atoms with van der Waals surface area (Å²) in [7, 11) is 3.70. The molecule has 0 saturated heterocycles. The summed E-state index contributed by atoms with van der Waals surface area (Å²) in [6, 6.07) is 8.40. The zero-order valence-corrected chi connectivity index (χ0v) is 15.2. The van der Waals surface area contributed by atoms with Crippen LogP contribution in [0.2, 0.25) is 0 Å². The van der Waals surface area contributed by atoms with E-state index in [0.29, 0.717) is 10.2 Å². The van der Waals surface area contributed by atoms with Crippen LogP contribution in [-0.4, -0.2) is 16.7 Å². The SMILES string of the molecule is COc1ccc2c(c1)c(-c1c3c([nH]c(=S)c1C#N)CCCC3)cn2C. The second kappa shape index (κ2) is 6.05. The molecule has 0 amide bonds. The Morgan fingerprint density at radius 3 is 2.84 bits per heavy atom. The molecule has 25 heavy (non-hydrogen) atoms. The maximum absolute atomic E-state index is 9.77. The normalized spacial score (nSPS) is 13.5. The maximum Gasteiger partial charge on any atom is 0.122 e. The van der Waals surface area contributed by atoms with Crippen molar-refractivity contribution in [2.24, 2.45) is 7.05 Å². The Hall–Kier alpha value is -2.58. The third-order valence-electron chi connectivity index (χ3n) is 5.09. The van der Waals surface area contributed by atoms with Gasteiger partial charge in [0, 0.05) is 41.0 Å². The van der Waals surface area contributed by atoms with Crippen molar-refractivity contribution in [2.45, 2.75) is 25.7 Å². The van der Waals surface area contributed by atoms with E-state index in [0.717, 1.165) is 53.5 Å². The first-order valence-corrected chi connectivity index (χ1v) is 8.86. The van der Waals surface area contributed by atoms with Gasteiger partial charge in [0.1, 0.15) is 16.5 Å². The molecular formula is C20H19N3OS. The van der Waals surface area contributed by atoms with Gasteiger partial charge in [-0.2, -0.15) is 5.26 Å². The smallest absolute Gasteiger partial charge is 0.122 e. The zero-order valence-electron chi connectivity index (χ0n) is 14.3. The summed E-state index contributed by atoms with van der Waals surface area (Å²) in [5.74, 6) is 0.813. The van der Waals surface area contributed by atoms with Crippen LogP contribution in [0.4, 0.5) is 0 Å². The van der Waals surface area contributed by atoms with Gasteiger partial charge in [0.15, 0.2) is 0 Å². The van der Waals surface area contributed by atoms with Crippen molar-refractivity contribution in [1.82, 2.24) is 9.55 Å². The largest absolute Gasteiger partial charge is 0.497 e. The average molecular weight is 349 g/mol. The van der Waals surface area contributed by atoms with Gasteiger partial charge in [0.25, 0.3) is 0 Å². The van der Waals surface area contributed by atoms with E-state index in [1.165, 1.54) is 11.3 Å². The van der Waals surface area contributed by atoms with E-state index in [1.807, 2.05) is 19.2 Å². The Morgan fingerprint density at radius 1 is 1.28 bits per heavy atom. The minimum Gasteiger partial charge on any atom is -0.497 e. The number of methoxy groups -OCH3 is 1. The van der Waals surface area contributed by atoms with Crippen LogP contribution in [-0.2, 0) is 19.9 Å². The molecule has 0 radical (unpaired) electrons. The van der Waals surface area contributed by atoms with Gasteiger partial charge >= 0.3 is 0 Å². The Kier molecular flexibility index (Phi) is 3.85. The van der Waals surface area contributed by atoms with Gasteiger partial charge in [-0.05, 0) is 49.4 Å². The molecule has 0 spiro atoms. The molecule has 1 aliphatic rings. The third kappa shape index (κ3) is 2.45. The highest BCUT2D eigenvalue weighted by Crippen LogP contribution is 2.39. The molecule has 3 aromatic rings. The van der Waals surface area contributed by atoms with Crippen molar-refractivity contribution in [2.75, 3.05) is 7.11 Å². The number of H-pyrrole nitrogens is 1. The van der Waals surface area contributed by atoms with Crippen LogP contribution in [0.1, 0.15) is 29.7 Å². The van der Waals surface area contributed by atoms with Crippen molar-refractivity contribution in [3.63, 3.8) is 0 Å². The Morgan fingerprint density at radius 2 is 2.08 bits per heavy atom. The van der Waals surface area contributed by atoms with Crippen LogP contribution in [0.25, 0.3) is 22.0 Å². The van der Waals surface area contributed by atoms with Crippen molar-refractivity contribution < 1.29 is 4.74 Å². The lowest BCUT2D eigenvalue weighted by Gasteiger charge is -2.20. The quantitative estimate of drug-likeness (QED) is 0.685. The standard InChI is InChI=1S/C20H19N3OS/c1-23-11-16(14-9-12(24-2)7-8-18(14)23)19-13-5-3-4-6-17(13)22-20(25)15(19)10-21/h7-9,11H,3-6H2,1-2H3,(H,22,25). The van der Waals surface area contributed by atoms with Crippen LogP contribution >= 0.6 is 12.2 Å². The zero-order chi connectivity index (χ0) is 17.6.